The van der Waals surface area contributed by atoms with Gasteiger partial charge < -0.3 is 10.1 Å². The van der Waals surface area contributed by atoms with E-state index in [0.29, 0.717) is 17.9 Å². The summed E-state index contributed by atoms with van der Waals surface area (Å²) in [6.07, 6.45) is 0.826. The second kappa shape index (κ2) is 8.05. The quantitative estimate of drug-likeness (QED) is 0.646. The van der Waals surface area contributed by atoms with E-state index in [0.717, 1.165) is 22.8 Å². The van der Waals surface area contributed by atoms with Crippen LogP contribution in [-0.2, 0) is 0 Å². The van der Waals surface area contributed by atoms with Crippen molar-refractivity contribution in [2.75, 3.05) is 6.61 Å². The summed E-state index contributed by atoms with van der Waals surface area (Å²) in [7, 11) is 0. The lowest BCUT2D eigenvalue weighted by atomic mass is 10.0. The third-order valence-electron chi connectivity index (χ3n) is 4.59. The molecular weight excluding hydrogens is 322 g/mol. The second-order valence-corrected chi connectivity index (χ2v) is 6.47. The highest BCUT2D eigenvalue weighted by Gasteiger charge is 2.18. The van der Waals surface area contributed by atoms with Crippen LogP contribution in [0, 0.1) is 6.92 Å². The number of fused-ring (bicyclic) bond motifs is 1. The molecule has 0 saturated carbocycles. The lowest BCUT2D eigenvalue weighted by molar-refractivity contribution is 0.0932. The molecule has 0 heterocycles. The Balaban J connectivity index is 1.92. The van der Waals surface area contributed by atoms with Crippen LogP contribution < -0.4 is 10.1 Å². The van der Waals surface area contributed by atoms with Gasteiger partial charge in [0.1, 0.15) is 5.75 Å². The van der Waals surface area contributed by atoms with E-state index in [9.17, 15) is 4.79 Å². The van der Waals surface area contributed by atoms with Gasteiger partial charge in [-0.15, -0.1) is 0 Å². The van der Waals surface area contributed by atoms with Crippen LogP contribution >= 0.6 is 0 Å². The summed E-state index contributed by atoms with van der Waals surface area (Å²) in [5.74, 6) is 0.522. The Kier molecular flexibility index (Phi) is 5.57. The normalized spacial score (nSPS) is 12.0. The Morgan fingerprint density at radius 3 is 2.27 bits per heavy atom. The smallest absolute Gasteiger partial charge is 0.255 e. The molecule has 3 nitrogen and oxygen atoms in total. The molecule has 0 aliphatic heterocycles. The van der Waals surface area contributed by atoms with Crippen LogP contribution in [0.4, 0.5) is 0 Å². The summed E-state index contributed by atoms with van der Waals surface area (Å²) in [5, 5.41) is 5.26. The summed E-state index contributed by atoms with van der Waals surface area (Å²) in [6, 6.07) is 20.1. The summed E-state index contributed by atoms with van der Waals surface area (Å²) in [4.78, 5) is 13.0. The average Bonchev–Trinajstić information content (AvgIpc) is 2.66. The van der Waals surface area contributed by atoms with Crippen molar-refractivity contribution in [1.29, 1.82) is 0 Å². The molecule has 3 aromatic carbocycles. The van der Waals surface area contributed by atoms with Crippen molar-refractivity contribution in [2.45, 2.75) is 33.2 Å². The maximum atomic E-state index is 13.0. The Hall–Kier alpha value is -2.81. The van der Waals surface area contributed by atoms with Gasteiger partial charge in [-0.2, -0.15) is 0 Å². The third kappa shape index (κ3) is 3.88. The van der Waals surface area contributed by atoms with E-state index in [1.807, 2.05) is 43.3 Å². The number of aryl methyl sites for hydroxylation is 1. The largest absolute Gasteiger partial charge is 0.493 e. The van der Waals surface area contributed by atoms with Gasteiger partial charge in [0.2, 0.25) is 0 Å². The summed E-state index contributed by atoms with van der Waals surface area (Å²) in [6.45, 7) is 6.59. The van der Waals surface area contributed by atoms with Gasteiger partial charge in [-0.05, 0) is 48.7 Å². The highest BCUT2D eigenvalue weighted by Crippen LogP contribution is 2.27. The Labute approximate surface area is 155 Å². The van der Waals surface area contributed by atoms with Crippen molar-refractivity contribution < 1.29 is 9.53 Å². The number of rotatable bonds is 6. The van der Waals surface area contributed by atoms with Crippen LogP contribution in [0.15, 0.2) is 60.7 Å². The summed E-state index contributed by atoms with van der Waals surface area (Å²) >= 11 is 0. The summed E-state index contributed by atoms with van der Waals surface area (Å²) < 4.78 is 5.74. The van der Waals surface area contributed by atoms with Crippen molar-refractivity contribution in [3.63, 3.8) is 0 Å². The van der Waals surface area contributed by atoms with Gasteiger partial charge in [-0.3, -0.25) is 4.79 Å². The van der Waals surface area contributed by atoms with Crippen LogP contribution in [0.2, 0.25) is 0 Å². The molecule has 3 rings (SSSR count). The van der Waals surface area contributed by atoms with E-state index in [-0.39, 0.29) is 11.9 Å². The molecule has 0 aliphatic rings. The van der Waals surface area contributed by atoms with E-state index in [4.69, 9.17) is 4.74 Å². The van der Waals surface area contributed by atoms with E-state index in [1.165, 1.54) is 5.56 Å². The molecule has 1 unspecified atom stereocenters. The maximum Gasteiger partial charge on any atom is 0.255 e. The molecule has 0 fully saturated rings. The highest BCUT2D eigenvalue weighted by molar-refractivity contribution is 6.01. The van der Waals surface area contributed by atoms with Gasteiger partial charge in [0.05, 0.1) is 18.2 Å². The van der Waals surface area contributed by atoms with E-state index in [1.54, 1.807) is 0 Å². The first kappa shape index (κ1) is 18.0. The van der Waals surface area contributed by atoms with Crippen LogP contribution in [0.1, 0.15) is 47.8 Å². The monoisotopic (exact) mass is 347 g/mol. The number of hydrogen-bond donors (Lipinski definition) is 1. The van der Waals surface area contributed by atoms with Crippen LogP contribution in [0.5, 0.6) is 5.75 Å². The zero-order valence-corrected chi connectivity index (χ0v) is 15.6. The molecule has 3 heteroatoms. The van der Waals surface area contributed by atoms with Crippen LogP contribution in [0.3, 0.4) is 0 Å². The second-order valence-electron chi connectivity index (χ2n) is 6.47. The lowest BCUT2D eigenvalue weighted by Gasteiger charge is -2.19. The number of carbonyl (C=O) groups is 1. The van der Waals surface area contributed by atoms with Gasteiger partial charge in [0.25, 0.3) is 5.91 Å². The number of ether oxygens (including phenoxy) is 1. The molecule has 0 bridgehead atoms. The molecule has 0 saturated heterocycles. The molecule has 0 spiro atoms. The maximum absolute atomic E-state index is 13.0. The zero-order valence-electron chi connectivity index (χ0n) is 15.6. The predicted molar refractivity (Wildman–Crippen MR) is 107 cm³/mol. The Morgan fingerprint density at radius 2 is 1.65 bits per heavy atom. The first-order valence-corrected chi connectivity index (χ1v) is 9.15. The van der Waals surface area contributed by atoms with Gasteiger partial charge >= 0.3 is 0 Å². The SMILES string of the molecule is CCOc1cc2ccccc2cc1C(=O)NC(CC)c1ccc(C)cc1. The van der Waals surface area contributed by atoms with E-state index < -0.39 is 0 Å². The van der Waals surface area contributed by atoms with Gasteiger partial charge in [0, 0.05) is 0 Å². The minimum atomic E-state index is -0.105. The van der Waals surface area contributed by atoms with Crippen molar-refractivity contribution >= 4 is 16.7 Å². The number of hydrogen-bond acceptors (Lipinski definition) is 2. The van der Waals surface area contributed by atoms with Crippen molar-refractivity contribution in [3.8, 4) is 5.75 Å². The highest BCUT2D eigenvalue weighted by atomic mass is 16.5. The van der Waals surface area contributed by atoms with Crippen molar-refractivity contribution in [2.24, 2.45) is 0 Å². The first-order valence-electron chi connectivity index (χ1n) is 9.15. The Morgan fingerprint density at radius 1 is 1.00 bits per heavy atom. The first-order chi connectivity index (χ1) is 12.6. The topological polar surface area (TPSA) is 38.3 Å². The molecule has 1 amide bonds. The van der Waals surface area contributed by atoms with E-state index >= 15 is 0 Å². The van der Waals surface area contributed by atoms with Gasteiger partial charge in [0.15, 0.2) is 0 Å². The molecule has 134 valence electrons. The van der Waals surface area contributed by atoms with E-state index in [2.05, 4.69) is 43.4 Å². The molecule has 26 heavy (non-hydrogen) atoms. The predicted octanol–water partition coefficient (Wildman–Crippen LogP) is 5.43. The molecule has 1 atom stereocenters. The number of amides is 1. The number of carbonyl (C=O) groups excluding carboxylic acids is 1. The molecule has 3 aromatic rings. The lowest BCUT2D eigenvalue weighted by Crippen LogP contribution is -2.28. The Bertz CT molecular complexity index is 900. The molecule has 1 N–H and O–H groups in total. The molecule has 0 radical (unpaired) electrons. The fraction of sp³-hybridized carbons (Fsp3) is 0.261. The molecule has 0 aromatic heterocycles. The van der Waals surface area contributed by atoms with Gasteiger partial charge in [-0.1, -0.05) is 61.0 Å². The number of benzene rings is 3. The average molecular weight is 347 g/mol. The zero-order chi connectivity index (χ0) is 18.5. The molecular formula is C23H25NO2. The fourth-order valence-corrected chi connectivity index (χ4v) is 3.13. The molecule has 0 aliphatic carbocycles. The number of nitrogens with one attached hydrogen (secondary N) is 1. The minimum absolute atomic E-state index is 0.0240. The minimum Gasteiger partial charge on any atom is -0.493 e. The third-order valence-corrected chi connectivity index (χ3v) is 4.59. The van der Waals surface area contributed by atoms with Gasteiger partial charge in [-0.25, -0.2) is 0 Å². The van der Waals surface area contributed by atoms with Crippen molar-refractivity contribution in [3.05, 3.63) is 77.4 Å². The van der Waals surface area contributed by atoms with Crippen LogP contribution in [0.25, 0.3) is 10.8 Å². The fourth-order valence-electron chi connectivity index (χ4n) is 3.13. The summed E-state index contributed by atoms with van der Waals surface area (Å²) in [5.41, 5.74) is 2.91. The van der Waals surface area contributed by atoms with Crippen LogP contribution in [-0.4, -0.2) is 12.5 Å². The standard InChI is InChI=1S/C23H25NO2/c1-4-21(17-12-10-16(3)11-13-17)24-23(25)20-14-18-8-6-7-9-19(18)15-22(20)26-5-2/h6-15,21H,4-5H2,1-3H3,(H,24,25). The van der Waals surface area contributed by atoms with Crippen molar-refractivity contribution in [1.82, 2.24) is 5.32 Å².